The van der Waals surface area contributed by atoms with Crippen molar-refractivity contribution in [1.82, 2.24) is 4.90 Å². The van der Waals surface area contributed by atoms with Crippen molar-refractivity contribution < 1.29 is 19.7 Å². The minimum atomic E-state index is -0.943. The van der Waals surface area contributed by atoms with Crippen molar-refractivity contribution in [3.8, 4) is 5.75 Å². The van der Waals surface area contributed by atoms with Crippen LogP contribution in [-0.2, 0) is 5.60 Å². The molecular weight excluding hydrogens is 338 g/mol. The van der Waals surface area contributed by atoms with Gasteiger partial charge in [0.25, 0.3) is 0 Å². The summed E-state index contributed by atoms with van der Waals surface area (Å²) in [4.78, 5) is 13.6. The molecule has 6 heteroatoms. The van der Waals surface area contributed by atoms with Gasteiger partial charge in [0.05, 0.1) is 12.2 Å². The van der Waals surface area contributed by atoms with Gasteiger partial charge in [-0.3, -0.25) is 0 Å². The van der Waals surface area contributed by atoms with Crippen LogP contribution in [0.25, 0.3) is 0 Å². The van der Waals surface area contributed by atoms with Gasteiger partial charge in [-0.05, 0) is 36.3 Å². The summed E-state index contributed by atoms with van der Waals surface area (Å²) >= 11 is 1.18. The molecule has 2 heterocycles. The minimum absolute atomic E-state index is 0.255. The Kier molecular flexibility index (Phi) is 5.73. The standard InChI is InChI=1S/C19H23NO4S/c21-18(22)17-16(7-14-25-17)24-13-4-10-20-11-8-19(23,9-12-20)15-5-2-1-3-6-15/h1-3,5-7,14,23H,4,8-13H2,(H,21,22). The Labute approximate surface area is 151 Å². The summed E-state index contributed by atoms with van der Waals surface area (Å²) in [7, 11) is 0. The fourth-order valence-electron chi connectivity index (χ4n) is 3.22. The van der Waals surface area contributed by atoms with Crippen LogP contribution >= 0.6 is 11.3 Å². The normalized spacial score (nSPS) is 17.3. The Morgan fingerprint density at radius 3 is 2.60 bits per heavy atom. The first-order chi connectivity index (χ1) is 12.1. The number of benzene rings is 1. The van der Waals surface area contributed by atoms with E-state index in [9.17, 15) is 9.90 Å². The highest BCUT2D eigenvalue weighted by atomic mass is 32.1. The minimum Gasteiger partial charge on any atom is -0.492 e. The molecule has 1 fully saturated rings. The molecule has 0 unspecified atom stereocenters. The highest BCUT2D eigenvalue weighted by Crippen LogP contribution is 2.32. The lowest BCUT2D eigenvalue weighted by Crippen LogP contribution is -2.43. The molecule has 0 aliphatic carbocycles. The van der Waals surface area contributed by atoms with Crippen LogP contribution in [0.1, 0.15) is 34.5 Å². The van der Waals surface area contributed by atoms with Crippen LogP contribution in [-0.4, -0.2) is 47.3 Å². The number of carboxylic acid groups (broad SMARTS) is 1. The summed E-state index contributed by atoms with van der Waals surface area (Å²) in [6, 6.07) is 11.6. The maximum absolute atomic E-state index is 11.0. The molecule has 5 nitrogen and oxygen atoms in total. The second-order valence-corrected chi connectivity index (χ2v) is 7.28. The number of carboxylic acids is 1. The van der Waals surface area contributed by atoms with Crippen LogP contribution in [0.3, 0.4) is 0 Å². The fourth-order valence-corrected chi connectivity index (χ4v) is 3.89. The number of nitrogens with zero attached hydrogens (tertiary/aromatic N) is 1. The Hall–Kier alpha value is -1.89. The van der Waals surface area contributed by atoms with Gasteiger partial charge in [-0.25, -0.2) is 4.79 Å². The molecule has 0 bridgehead atoms. The van der Waals surface area contributed by atoms with Crippen LogP contribution in [0.5, 0.6) is 5.75 Å². The number of aromatic carboxylic acids is 1. The maximum Gasteiger partial charge on any atom is 0.349 e. The van der Waals surface area contributed by atoms with Crippen molar-refractivity contribution in [2.75, 3.05) is 26.2 Å². The molecule has 0 saturated carbocycles. The average Bonchev–Trinajstić information content (AvgIpc) is 3.10. The SMILES string of the molecule is O=C(O)c1sccc1OCCCN1CCC(O)(c2ccccc2)CC1. The molecular formula is C19H23NO4S. The highest BCUT2D eigenvalue weighted by Gasteiger charge is 2.33. The van der Waals surface area contributed by atoms with Crippen LogP contribution in [0.15, 0.2) is 41.8 Å². The lowest BCUT2D eigenvalue weighted by atomic mass is 9.84. The summed E-state index contributed by atoms with van der Waals surface area (Å²) in [5.74, 6) is -0.490. The van der Waals surface area contributed by atoms with E-state index in [1.807, 2.05) is 30.3 Å². The van der Waals surface area contributed by atoms with Crippen molar-refractivity contribution in [1.29, 1.82) is 0 Å². The number of carbonyl (C=O) groups is 1. The Bertz CT molecular complexity index is 692. The zero-order valence-electron chi connectivity index (χ0n) is 14.1. The van der Waals surface area contributed by atoms with Gasteiger partial charge < -0.3 is 19.8 Å². The number of hydrogen-bond acceptors (Lipinski definition) is 5. The molecule has 2 N–H and O–H groups in total. The van der Waals surface area contributed by atoms with Crippen molar-refractivity contribution in [3.63, 3.8) is 0 Å². The number of thiophene rings is 1. The van der Waals surface area contributed by atoms with E-state index in [0.717, 1.165) is 44.5 Å². The van der Waals surface area contributed by atoms with Crippen molar-refractivity contribution in [3.05, 3.63) is 52.2 Å². The van der Waals surface area contributed by atoms with Crippen LogP contribution in [0.2, 0.25) is 0 Å². The topological polar surface area (TPSA) is 70.0 Å². The number of rotatable bonds is 7. The number of piperidine rings is 1. The Morgan fingerprint density at radius 2 is 1.92 bits per heavy atom. The number of hydrogen-bond donors (Lipinski definition) is 2. The molecule has 0 atom stereocenters. The largest absolute Gasteiger partial charge is 0.492 e. The van der Waals surface area contributed by atoms with Gasteiger partial charge in [0, 0.05) is 19.6 Å². The summed E-state index contributed by atoms with van der Waals surface area (Å²) in [6.07, 6.45) is 2.29. The van der Waals surface area contributed by atoms with Crippen LogP contribution < -0.4 is 4.74 Å². The highest BCUT2D eigenvalue weighted by molar-refractivity contribution is 7.12. The average molecular weight is 361 g/mol. The van der Waals surface area contributed by atoms with Gasteiger partial charge in [0.15, 0.2) is 4.88 Å². The summed E-state index contributed by atoms with van der Waals surface area (Å²) in [5.41, 5.74) is 0.276. The fraction of sp³-hybridized carbons (Fsp3) is 0.421. The molecule has 3 rings (SSSR count). The predicted molar refractivity (Wildman–Crippen MR) is 97.4 cm³/mol. The zero-order chi connectivity index (χ0) is 17.7. The molecule has 134 valence electrons. The van der Waals surface area contributed by atoms with Gasteiger partial charge in [0.1, 0.15) is 5.75 Å². The molecule has 0 spiro atoms. The van der Waals surface area contributed by atoms with E-state index in [4.69, 9.17) is 9.84 Å². The smallest absolute Gasteiger partial charge is 0.349 e. The zero-order valence-corrected chi connectivity index (χ0v) is 14.9. The summed E-state index contributed by atoms with van der Waals surface area (Å²) in [5, 5.41) is 21.6. The summed E-state index contributed by atoms with van der Waals surface area (Å²) in [6.45, 7) is 3.09. The van der Waals surface area contributed by atoms with E-state index in [1.165, 1.54) is 11.3 Å². The lowest BCUT2D eigenvalue weighted by molar-refractivity contribution is -0.0264. The van der Waals surface area contributed by atoms with E-state index < -0.39 is 11.6 Å². The lowest BCUT2D eigenvalue weighted by Gasteiger charge is -2.38. The van der Waals surface area contributed by atoms with Crippen molar-refractivity contribution in [2.24, 2.45) is 0 Å². The number of aliphatic hydroxyl groups is 1. The van der Waals surface area contributed by atoms with E-state index in [1.54, 1.807) is 11.4 Å². The first-order valence-corrected chi connectivity index (χ1v) is 9.40. The van der Waals surface area contributed by atoms with E-state index >= 15 is 0 Å². The second kappa shape index (κ2) is 7.99. The van der Waals surface area contributed by atoms with Gasteiger partial charge in [-0.1, -0.05) is 30.3 Å². The number of ether oxygens (including phenoxy) is 1. The first kappa shape index (κ1) is 17.9. The number of likely N-dealkylation sites (tertiary alicyclic amines) is 1. The molecule has 0 radical (unpaired) electrons. The third kappa shape index (κ3) is 4.39. The quantitative estimate of drug-likeness (QED) is 0.741. The van der Waals surface area contributed by atoms with E-state index in [-0.39, 0.29) is 4.88 Å². The molecule has 1 aliphatic heterocycles. The molecule has 1 aromatic heterocycles. The van der Waals surface area contributed by atoms with E-state index in [2.05, 4.69) is 4.90 Å². The van der Waals surface area contributed by atoms with Crippen molar-refractivity contribution in [2.45, 2.75) is 24.9 Å². The third-order valence-electron chi connectivity index (χ3n) is 4.69. The van der Waals surface area contributed by atoms with Crippen LogP contribution in [0.4, 0.5) is 0 Å². The molecule has 1 aliphatic rings. The molecule has 2 aromatic rings. The van der Waals surface area contributed by atoms with Gasteiger partial charge in [-0.15, -0.1) is 11.3 Å². The van der Waals surface area contributed by atoms with Gasteiger partial charge in [0.2, 0.25) is 0 Å². The molecule has 1 saturated heterocycles. The Morgan fingerprint density at radius 1 is 1.20 bits per heavy atom. The molecule has 25 heavy (non-hydrogen) atoms. The van der Waals surface area contributed by atoms with Crippen LogP contribution in [0, 0.1) is 0 Å². The molecule has 0 amide bonds. The monoisotopic (exact) mass is 361 g/mol. The summed E-state index contributed by atoms with van der Waals surface area (Å²) < 4.78 is 5.59. The maximum atomic E-state index is 11.0. The van der Waals surface area contributed by atoms with Crippen molar-refractivity contribution >= 4 is 17.3 Å². The molecule has 1 aromatic carbocycles. The van der Waals surface area contributed by atoms with Gasteiger partial charge in [-0.2, -0.15) is 0 Å². The Balaban J connectivity index is 1.41. The van der Waals surface area contributed by atoms with Gasteiger partial charge >= 0.3 is 5.97 Å². The second-order valence-electron chi connectivity index (χ2n) is 6.36. The third-order valence-corrected chi connectivity index (χ3v) is 5.58. The predicted octanol–water partition coefficient (Wildman–Crippen LogP) is 3.20. The first-order valence-electron chi connectivity index (χ1n) is 8.52. The van der Waals surface area contributed by atoms with E-state index in [0.29, 0.717) is 12.4 Å².